The van der Waals surface area contributed by atoms with Crippen LogP contribution in [-0.4, -0.2) is 26.6 Å². The van der Waals surface area contributed by atoms with E-state index in [2.05, 4.69) is 41.6 Å². The zero-order valence-corrected chi connectivity index (χ0v) is 14.4. The van der Waals surface area contributed by atoms with Crippen molar-refractivity contribution in [3.63, 3.8) is 0 Å². The predicted octanol–water partition coefficient (Wildman–Crippen LogP) is 3.57. The van der Waals surface area contributed by atoms with Crippen molar-refractivity contribution in [3.8, 4) is 0 Å². The van der Waals surface area contributed by atoms with E-state index in [1.165, 1.54) is 0 Å². The first-order valence-corrected chi connectivity index (χ1v) is 7.92. The zero-order chi connectivity index (χ0) is 15.9. The molecule has 0 aliphatic rings. The Hall–Kier alpha value is -2.15. The lowest BCUT2D eigenvalue weighted by atomic mass is 10.3. The molecule has 6 nitrogen and oxygen atoms in total. The minimum absolute atomic E-state index is 0.674. The summed E-state index contributed by atoms with van der Waals surface area (Å²) < 4.78 is 2.63. The van der Waals surface area contributed by atoms with Gasteiger partial charge in [0.2, 0.25) is 0 Å². The fourth-order valence-corrected chi connectivity index (χ4v) is 2.23. The number of hydrogen-bond acceptors (Lipinski definition) is 5. The summed E-state index contributed by atoms with van der Waals surface area (Å²) in [5.74, 6) is 1.65. The van der Waals surface area contributed by atoms with Crippen LogP contribution in [0.25, 0.3) is 5.65 Å². The molecule has 22 heavy (non-hydrogen) atoms. The predicted molar refractivity (Wildman–Crippen MR) is 93.1 cm³/mol. The minimum atomic E-state index is 0.674. The SMILES string of the molecule is CC.CNc1cc(NCc2cccnc2)n2ncc(Br)c2n1. The van der Waals surface area contributed by atoms with Gasteiger partial charge in [0.15, 0.2) is 5.65 Å². The number of fused-ring (bicyclic) bond motifs is 1. The molecule has 3 aromatic rings. The van der Waals surface area contributed by atoms with Gasteiger partial charge in [-0.05, 0) is 27.6 Å². The van der Waals surface area contributed by atoms with Crippen molar-refractivity contribution < 1.29 is 0 Å². The van der Waals surface area contributed by atoms with Crippen molar-refractivity contribution in [1.29, 1.82) is 0 Å². The quantitative estimate of drug-likeness (QED) is 0.742. The van der Waals surface area contributed by atoms with Crippen molar-refractivity contribution in [3.05, 3.63) is 46.8 Å². The van der Waals surface area contributed by atoms with Gasteiger partial charge in [0, 0.05) is 32.1 Å². The smallest absolute Gasteiger partial charge is 0.173 e. The van der Waals surface area contributed by atoms with Crippen LogP contribution in [-0.2, 0) is 6.54 Å². The third-order valence-electron chi connectivity index (χ3n) is 2.88. The highest BCUT2D eigenvalue weighted by atomic mass is 79.9. The van der Waals surface area contributed by atoms with Crippen molar-refractivity contribution in [2.45, 2.75) is 20.4 Å². The van der Waals surface area contributed by atoms with Gasteiger partial charge in [-0.3, -0.25) is 4.98 Å². The molecular formula is C15H19BrN6. The third kappa shape index (κ3) is 3.54. The Bertz CT molecular complexity index is 725. The van der Waals surface area contributed by atoms with E-state index in [1.807, 2.05) is 45.3 Å². The molecule has 3 aromatic heterocycles. The van der Waals surface area contributed by atoms with E-state index in [1.54, 1.807) is 16.9 Å². The van der Waals surface area contributed by atoms with Crippen molar-refractivity contribution in [2.24, 2.45) is 0 Å². The second kappa shape index (κ2) is 7.74. The van der Waals surface area contributed by atoms with E-state index >= 15 is 0 Å². The summed E-state index contributed by atoms with van der Waals surface area (Å²) in [6.07, 6.45) is 5.33. The first-order chi connectivity index (χ1) is 10.8. The average Bonchev–Trinajstić information content (AvgIpc) is 2.96. The molecule has 0 saturated heterocycles. The molecule has 0 aliphatic heterocycles. The summed E-state index contributed by atoms with van der Waals surface area (Å²) >= 11 is 3.45. The van der Waals surface area contributed by atoms with E-state index in [0.29, 0.717) is 6.54 Å². The van der Waals surface area contributed by atoms with Crippen LogP contribution >= 0.6 is 15.9 Å². The van der Waals surface area contributed by atoms with Gasteiger partial charge in [-0.25, -0.2) is 4.98 Å². The van der Waals surface area contributed by atoms with E-state index in [4.69, 9.17) is 0 Å². The molecule has 0 aliphatic carbocycles. The Kier molecular flexibility index (Phi) is 5.71. The van der Waals surface area contributed by atoms with Gasteiger partial charge in [-0.2, -0.15) is 9.61 Å². The molecule has 0 fully saturated rings. The lowest BCUT2D eigenvalue weighted by Gasteiger charge is -2.10. The maximum Gasteiger partial charge on any atom is 0.173 e. The average molecular weight is 363 g/mol. The highest BCUT2D eigenvalue weighted by Gasteiger charge is 2.09. The van der Waals surface area contributed by atoms with Crippen LogP contribution in [0.2, 0.25) is 0 Å². The Morgan fingerprint density at radius 1 is 1.27 bits per heavy atom. The molecule has 0 atom stereocenters. The summed E-state index contributed by atoms with van der Waals surface area (Å²) in [5.41, 5.74) is 1.88. The standard InChI is InChI=1S/C13H13BrN6.C2H6/c1-15-11-5-12(17-7-9-3-2-4-16-6-9)20-13(19-11)10(14)8-18-20;1-2/h2-6,8,17H,7H2,1H3,(H,15,19);1-2H3. The van der Waals surface area contributed by atoms with Crippen molar-refractivity contribution >= 4 is 33.2 Å². The molecule has 2 N–H and O–H groups in total. The zero-order valence-electron chi connectivity index (χ0n) is 12.8. The fraction of sp³-hybridized carbons (Fsp3) is 0.267. The number of nitrogens with zero attached hydrogens (tertiary/aromatic N) is 4. The number of aromatic nitrogens is 4. The van der Waals surface area contributed by atoms with Crippen LogP contribution in [0.5, 0.6) is 0 Å². The first kappa shape index (κ1) is 16.2. The molecule has 0 radical (unpaired) electrons. The second-order valence-corrected chi connectivity index (χ2v) is 5.07. The summed E-state index contributed by atoms with van der Waals surface area (Å²) in [6.45, 7) is 4.67. The van der Waals surface area contributed by atoms with Crippen LogP contribution in [0.15, 0.2) is 41.3 Å². The Balaban J connectivity index is 0.000000847. The second-order valence-electron chi connectivity index (χ2n) is 4.22. The van der Waals surface area contributed by atoms with Crippen LogP contribution in [0.1, 0.15) is 19.4 Å². The lowest BCUT2D eigenvalue weighted by Crippen LogP contribution is -2.07. The molecular weight excluding hydrogens is 344 g/mol. The van der Waals surface area contributed by atoms with Gasteiger partial charge in [-0.1, -0.05) is 19.9 Å². The van der Waals surface area contributed by atoms with E-state index < -0.39 is 0 Å². The van der Waals surface area contributed by atoms with Gasteiger partial charge in [0.1, 0.15) is 11.6 Å². The number of rotatable bonds is 4. The first-order valence-electron chi connectivity index (χ1n) is 7.13. The van der Waals surface area contributed by atoms with Crippen LogP contribution in [0.4, 0.5) is 11.6 Å². The summed E-state index contributed by atoms with van der Waals surface area (Å²) in [6, 6.07) is 5.86. The monoisotopic (exact) mass is 362 g/mol. The number of nitrogens with one attached hydrogen (secondary N) is 2. The Morgan fingerprint density at radius 3 is 2.77 bits per heavy atom. The number of hydrogen-bond donors (Lipinski definition) is 2. The minimum Gasteiger partial charge on any atom is -0.373 e. The fourth-order valence-electron chi connectivity index (χ4n) is 1.89. The number of pyridine rings is 1. The molecule has 3 rings (SSSR count). The van der Waals surface area contributed by atoms with Gasteiger partial charge >= 0.3 is 0 Å². The van der Waals surface area contributed by atoms with E-state index in [0.717, 1.165) is 27.3 Å². The van der Waals surface area contributed by atoms with Crippen molar-refractivity contribution in [2.75, 3.05) is 17.7 Å². The van der Waals surface area contributed by atoms with E-state index in [9.17, 15) is 0 Å². The largest absolute Gasteiger partial charge is 0.373 e. The molecule has 0 aromatic carbocycles. The number of halogens is 1. The Morgan fingerprint density at radius 2 is 2.09 bits per heavy atom. The van der Waals surface area contributed by atoms with Gasteiger partial charge < -0.3 is 10.6 Å². The Labute approximate surface area is 138 Å². The molecule has 0 unspecified atom stereocenters. The molecule has 3 heterocycles. The molecule has 7 heteroatoms. The normalized spacial score (nSPS) is 10.0. The highest BCUT2D eigenvalue weighted by molar-refractivity contribution is 9.10. The van der Waals surface area contributed by atoms with Crippen LogP contribution < -0.4 is 10.6 Å². The molecule has 0 spiro atoms. The topological polar surface area (TPSA) is 67.1 Å². The van der Waals surface area contributed by atoms with Gasteiger partial charge in [0.25, 0.3) is 0 Å². The molecule has 116 valence electrons. The van der Waals surface area contributed by atoms with E-state index in [-0.39, 0.29) is 0 Å². The van der Waals surface area contributed by atoms with Gasteiger partial charge in [-0.15, -0.1) is 0 Å². The third-order valence-corrected chi connectivity index (χ3v) is 3.44. The summed E-state index contributed by atoms with van der Waals surface area (Å²) in [4.78, 5) is 8.56. The maximum atomic E-state index is 4.46. The van der Waals surface area contributed by atoms with Gasteiger partial charge in [0.05, 0.1) is 10.7 Å². The lowest BCUT2D eigenvalue weighted by molar-refractivity contribution is 0.925. The highest BCUT2D eigenvalue weighted by Crippen LogP contribution is 2.22. The maximum absolute atomic E-state index is 4.46. The summed E-state index contributed by atoms with van der Waals surface area (Å²) in [5, 5.41) is 10.7. The molecule has 0 bridgehead atoms. The van der Waals surface area contributed by atoms with Crippen LogP contribution in [0.3, 0.4) is 0 Å². The van der Waals surface area contributed by atoms with Crippen molar-refractivity contribution in [1.82, 2.24) is 19.6 Å². The summed E-state index contributed by atoms with van der Waals surface area (Å²) in [7, 11) is 1.84. The molecule has 0 saturated carbocycles. The van der Waals surface area contributed by atoms with Crippen LogP contribution in [0, 0.1) is 0 Å². The number of anilines is 2. The molecule has 0 amide bonds.